The van der Waals surface area contributed by atoms with Gasteiger partial charge in [0.1, 0.15) is 5.82 Å². The lowest BCUT2D eigenvalue weighted by molar-refractivity contribution is -0.125. The maximum atomic E-state index is 12.4. The first-order valence-electron chi connectivity index (χ1n) is 9.45. The number of carbonyl (C=O) groups excluding carboxylic acids is 3. The van der Waals surface area contributed by atoms with Crippen LogP contribution in [0.4, 0.5) is 11.5 Å². The van der Waals surface area contributed by atoms with Crippen LogP contribution >= 0.6 is 0 Å². The Kier molecular flexibility index (Phi) is 6.03. The second-order valence-corrected chi connectivity index (χ2v) is 6.75. The fraction of sp³-hybridized carbons (Fsp3) is 0.333. The summed E-state index contributed by atoms with van der Waals surface area (Å²) in [6.07, 6.45) is 2.31. The average molecular weight is 380 g/mol. The Bertz CT molecular complexity index is 858. The van der Waals surface area contributed by atoms with Crippen LogP contribution < -0.4 is 15.5 Å². The number of hydrogen-bond donors (Lipinski definition) is 2. The molecule has 0 saturated carbocycles. The van der Waals surface area contributed by atoms with Gasteiger partial charge in [-0.25, -0.2) is 4.98 Å². The molecule has 1 saturated heterocycles. The third-order valence-corrected chi connectivity index (χ3v) is 4.86. The molecule has 1 aliphatic heterocycles. The Morgan fingerprint density at radius 2 is 1.86 bits per heavy atom. The van der Waals surface area contributed by atoms with Crippen LogP contribution in [0.1, 0.15) is 36.2 Å². The van der Waals surface area contributed by atoms with Crippen molar-refractivity contribution in [2.75, 3.05) is 23.3 Å². The van der Waals surface area contributed by atoms with Crippen molar-refractivity contribution < 1.29 is 14.4 Å². The zero-order valence-electron chi connectivity index (χ0n) is 16.1. The zero-order chi connectivity index (χ0) is 20.1. The van der Waals surface area contributed by atoms with E-state index in [2.05, 4.69) is 34.4 Å². The van der Waals surface area contributed by atoms with Crippen molar-refractivity contribution in [3.63, 3.8) is 0 Å². The molecule has 0 aliphatic carbocycles. The highest BCUT2D eigenvalue weighted by Crippen LogP contribution is 2.19. The molecule has 3 amide bonds. The fourth-order valence-corrected chi connectivity index (χ4v) is 3.24. The lowest BCUT2D eigenvalue weighted by Crippen LogP contribution is -2.23. The van der Waals surface area contributed by atoms with Crippen LogP contribution in [0.5, 0.6) is 0 Å². The minimum Gasteiger partial charge on any atom is -0.357 e. The lowest BCUT2D eigenvalue weighted by atomic mass is 9.98. The highest BCUT2D eigenvalue weighted by atomic mass is 16.2. The van der Waals surface area contributed by atoms with Gasteiger partial charge in [-0.05, 0) is 50.1 Å². The van der Waals surface area contributed by atoms with E-state index in [4.69, 9.17) is 0 Å². The molecule has 0 bridgehead atoms. The molecule has 1 atom stereocenters. The van der Waals surface area contributed by atoms with E-state index in [0.717, 1.165) is 24.5 Å². The molecule has 2 aromatic rings. The molecular weight excluding hydrogens is 356 g/mol. The highest BCUT2D eigenvalue weighted by Gasteiger charge is 2.30. The van der Waals surface area contributed by atoms with Gasteiger partial charge in [0, 0.05) is 31.4 Å². The maximum Gasteiger partial charge on any atom is 0.257 e. The first kappa shape index (κ1) is 19.5. The van der Waals surface area contributed by atoms with Crippen molar-refractivity contribution in [2.24, 2.45) is 5.92 Å². The van der Waals surface area contributed by atoms with E-state index < -0.39 is 0 Å². The van der Waals surface area contributed by atoms with Gasteiger partial charge in [-0.1, -0.05) is 12.1 Å². The van der Waals surface area contributed by atoms with Gasteiger partial charge in [-0.3, -0.25) is 19.7 Å². The van der Waals surface area contributed by atoms with Crippen LogP contribution in [-0.2, 0) is 16.0 Å². The van der Waals surface area contributed by atoms with Gasteiger partial charge >= 0.3 is 0 Å². The summed E-state index contributed by atoms with van der Waals surface area (Å²) in [5.41, 5.74) is 2.09. The normalized spacial score (nSPS) is 16.0. The summed E-state index contributed by atoms with van der Waals surface area (Å²) in [4.78, 5) is 41.8. The third kappa shape index (κ3) is 4.54. The van der Waals surface area contributed by atoms with Gasteiger partial charge in [0.15, 0.2) is 0 Å². The summed E-state index contributed by atoms with van der Waals surface area (Å²) < 4.78 is 0. The van der Waals surface area contributed by atoms with Crippen molar-refractivity contribution >= 4 is 29.2 Å². The van der Waals surface area contributed by atoms with Gasteiger partial charge < -0.3 is 10.2 Å². The number of nitrogens with zero attached hydrogens (tertiary/aromatic N) is 2. The van der Waals surface area contributed by atoms with E-state index in [9.17, 15) is 14.4 Å². The van der Waals surface area contributed by atoms with E-state index >= 15 is 0 Å². The number of pyridine rings is 1. The summed E-state index contributed by atoms with van der Waals surface area (Å²) in [5.74, 6) is -0.140. The first-order chi connectivity index (χ1) is 13.5. The molecular formula is C21H24N4O3. The van der Waals surface area contributed by atoms with E-state index in [0.29, 0.717) is 17.7 Å². The molecule has 1 unspecified atom stereocenters. The number of rotatable bonds is 7. The van der Waals surface area contributed by atoms with Crippen LogP contribution in [0.15, 0.2) is 42.6 Å². The van der Waals surface area contributed by atoms with Crippen molar-refractivity contribution in [1.82, 2.24) is 10.3 Å². The van der Waals surface area contributed by atoms with E-state index in [1.165, 1.54) is 0 Å². The second kappa shape index (κ2) is 8.65. The molecule has 7 heteroatoms. The molecule has 1 aromatic heterocycles. The number of amides is 3. The largest absolute Gasteiger partial charge is 0.357 e. The molecule has 2 heterocycles. The Morgan fingerprint density at radius 3 is 2.39 bits per heavy atom. The summed E-state index contributed by atoms with van der Waals surface area (Å²) in [5, 5.41) is 5.16. The third-order valence-electron chi connectivity index (χ3n) is 4.86. The number of hydrogen-bond acceptors (Lipinski definition) is 5. The van der Waals surface area contributed by atoms with Crippen molar-refractivity contribution in [2.45, 2.75) is 26.7 Å². The molecule has 3 rings (SSSR count). The quantitative estimate of drug-likeness (QED) is 0.720. The van der Waals surface area contributed by atoms with E-state index in [1.807, 2.05) is 18.2 Å². The topological polar surface area (TPSA) is 91.4 Å². The minimum absolute atomic E-state index is 0.219. The summed E-state index contributed by atoms with van der Waals surface area (Å²) in [6, 6.07) is 10.9. The van der Waals surface area contributed by atoms with Crippen LogP contribution in [0, 0.1) is 5.92 Å². The Balaban J connectivity index is 1.60. The predicted molar refractivity (Wildman–Crippen MR) is 107 cm³/mol. The number of anilines is 2. The maximum absolute atomic E-state index is 12.4. The summed E-state index contributed by atoms with van der Waals surface area (Å²) >= 11 is 0. The van der Waals surface area contributed by atoms with E-state index in [-0.39, 0.29) is 30.1 Å². The molecule has 7 nitrogen and oxygen atoms in total. The summed E-state index contributed by atoms with van der Waals surface area (Å²) in [6.45, 7) is 5.84. The molecule has 0 spiro atoms. The molecule has 2 N–H and O–H groups in total. The zero-order valence-corrected chi connectivity index (χ0v) is 16.1. The van der Waals surface area contributed by atoms with Crippen LogP contribution in [0.25, 0.3) is 0 Å². The predicted octanol–water partition coefficient (Wildman–Crippen LogP) is 2.39. The Morgan fingerprint density at radius 1 is 1.14 bits per heavy atom. The van der Waals surface area contributed by atoms with Crippen molar-refractivity contribution in [3.05, 3.63) is 53.7 Å². The highest BCUT2D eigenvalue weighted by molar-refractivity contribution is 6.04. The van der Waals surface area contributed by atoms with Gasteiger partial charge in [0.25, 0.3) is 5.91 Å². The van der Waals surface area contributed by atoms with Crippen molar-refractivity contribution in [3.8, 4) is 0 Å². The number of nitrogens with one attached hydrogen (secondary N) is 2. The lowest BCUT2D eigenvalue weighted by Gasteiger charge is -2.19. The van der Waals surface area contributed by atoms with Crippen LogP contribution in [0.2, 0.25) is 0 Å². The molecule has 146 valence electrons. The van der Waals surface area contributed by atoms with E-state index in [1.54, 1.807) is 24.4 Å². The smallest absolute Gasteiger partial charge is 0.257 e. The SMILES string of the molecule is CCN(CC)c1ccc(C(=O)Nc2ccc(CC3CC(=O)NC3=O)cc2)cn1. The van der Waals surface area contributed by atoms with Gasteiger partial charge in [0.05, 0.1) is 11.5 Å². The summed E-state index contributed by atoms with van der Waals surface area (Å²) in [7, 11) is 0. The van der Waals surface area contributed by atoms with Gasteiger partial charge in [-0.15, -0.1) is 0 Å². The van der Waals surface area contributed by atoms with Crippen LogP contribution in [0.3, 0.4) is 0 Å². The molecule has 1 aromatic carbocycles. The molecule has 28 heavy (non-hydrogen) atoms. The molecule has 0 radical (unpaired) electrons. The van der Waals surface area contributed by atoms with Gasteiger partial charge in [-0.2, -0.15) is 0 Å². The Labute approximate surface area is 164 Å². The average Bonchev–Trinajstić information content (AvgIpc) is 3.01. The first-order valence-corrected chi connectivity index (χ1v) is 9.45. The molecule has 1 fully saturated rings. The number of imide groups is 1. The standard InChI is InChI=1S/C21H24N4O3/c1-3-25(4-2)18-10-7-15(13-22-18)20(27)23-17-8-5-14(6-9-17)11-16-12-19(26)24-21(16)28/h5-10,13,16H,3-4,11-12H2,1-2H3,(H,23,27)(H,24,26,28). The fourth-order valence-electron chi connectivity index (χ4n) is 3.24. The number of aromatic nitrogens is 1. The number of carbonyl (C=O) groups is 3. The van der Waals surface area contributed by atoms with Crippen molar-refractivity contribution in [1.29, 1.82) is 0 Å². The number of benzene rings is 1. The Hall–Kier alpha value is -3.22. The second-order valence-electron chi connectivity index (χ2n) is 6.75. The molecule has 1 aliphatic rings. The van der Waals surface area contributed by atoms with Gasteiger partial charge in [0.2, 0.25) is 11.8 Å². The minimum atomic E-state index is -0.316. The van der Waals surface area contributed by atoms with Crippen LogP contribution in [-0.4, -0.2) is 35.8 Å². The monoisotopic (exact) mass is 380 g/mol.